The Balaban J connectivity index is 3.43. The van der Waals surface area contributed by atoms with Crippen LogP contribution in [0.5, 0.6) is 0 Å². The lowest BCUT2D eigenvalue weighted by Gasteiger charge is -2.27. The molecule has 3 heteroatoms. The number of hydrogen-bond acceptors (Lipinski definition) is 1. The number of unbranched alkanes of at least 4 members (excludes halogenated alkanes) is 9. The minimum Gasteiger partial charge on any atom is -0.413 e. The lowest BCUT2D eigenvalue weighted by atomic mass is 10.0. The molecule has 0 aliphatic heterocycles. The maximum Gasteiger partial charge on any atom is 0.201 e. The number of hydrogen-bond donors (Lipinski definition) is 0. The number of alkyl halides is 1. The molecule has 0 rings (SSSR count). The Bertz CT molecular complexity index is 221. The van der Waals surface area contributed by atoms with Crippen LogP contribution in [0.15, 0.2) is 0 Å². The van der Waals surface area contributed by atoms with Crippen LogP contribution in [0.1, 0.15) is 90.9 Å². The molecular weight excluding hydrogens is 296 g/mol. The highest BCUT2D eigenvalue weighted by Crippen LogP contribution is 2.18. The van der Waals surface area contributed by atoms with Crippen molar-refractivity contribution in [1.29, 1.82) is 0 Å². The normalized spacial score (nSPS) is 13.6. The predicted octanol–water partition coefficient (Wildman–Crippen LogP) is 7.08. The molecule has 0 saturated carbocycles. The molecule has 0 heterocycles. The van der Waals surface area contributed by atoms with E-state index in [-0.39, 0.29) is 0 Å². The Labute approximate surface area is 140 Å². The van der Waals surface area contributed by atoms with Gasteiger partial charge >= 0.3 is 0 Å². The van der Waals surface area contributed by atoms with E-state index in [0.29, 0.717) is 11.6 Å². The van der Waals surface area contributed by atoms with Crippen molar-refractivity contribution < 1.29 is 4.43 Å². The van der Waals surface area contributed by atoms with Crippen molar-refractivity contribution in [2.45, 2.75) is 110 Å². The monoisotopic (exact) mass is 334 g/mol. The number of rotatable bonds is 15. The molecule has 0 bridgehead atoms. The summed E-state index contributed by atoms with van der Waals surface area (Å²) in [5.74, 6) is 0. The molecule has 0 radical (unpaired) electrons. The summed E-state index contributed by atoms with van der Waals surface area (Å²) in [6.45, 7) is 8.96. The molecule has 0 spiro atoms. The summed E-state index contributed by atoms with van der Waals surface area (Å²) in [5, 5.41) is 0. The van der Waals surface area contributed by atoms with Gasteiger partial charge in [-0.2, -0.15) is 0 Å². The second kappa shape index (κ2) is 14.1. The SMILES string of the molecule is CCCCCCCCCCCCC(CC)O[Si](C)(C)CCl. The standard InChI is InChI=1S/C18H39ClOSi/c1-5-7-8-9-10-11-12-13-14-15-16-18(6-2)20-21(3,4)17-19/h18H,5-17H2,1-4H3. The van der Waals surface area contributed by atoms with Crippen molar-refractivity contribution in [2.75, 3.05) is 5.50 Å². The first kappa shape index (κ1) is 21.5. The lowest BCUT2D eigenvalue weighted by Crippen LogP contribution is -2.37. The molecule has 0 saturated heterocycles. The molecule has 0 fully saturated rings. The van der Waals surface area contributed by atoms with Crippen molar-refractivity contribution in [3.63, 3.8) is 0 Å². The molecular formula is C18H39ClOSi. The van der Waals surface area contributed by atoms with Crippen LogP contribution < -0.4 is 0 Å². The fraction of sp³-hybridized carbons (Fsp3) is 1.00. The molecule has 0 N–H and O–H groups in total. The van der Waals surface area contributed by atoms with Crippen molar-refractivity contribution in [3.05, 3.63) is 0 Å². The molecule has 1 atom stereocenters. The van der Waals surface area contributed by atoms with Crippen molar-refractivity contribution in [2.24, 2.45) is 0 Å². The first-order chi connectivity index (χ1) is 10.1. The van der Waals surface area contributed by atoms with Crippen LogP contribution in [-0.4, -0.2) is 19.9 Å². The largest absolute Gasteiger partial charge is 0.413 e. The van der Waals surface area contributed by atoms with Crippen LogP contribution >= 0.6 is 11.6 Å². The highest BCUT2D eigenvalue weighted by Gasteiger charge is 2.24. The summed E-state index contributed by atoms with van der Waals surface area (Å²) in [6.07, 6.45) is 16.8. The van der Waals surface area contributed by atoms with E-state index in [0.717, 1.165) is 6.42 Å². The van der Waals surface area contributed by atoms with Gasteiger partial charge in [-0.05, 0) is 25.9 Å². The van der Waals surface area contributed by atoms with Gasteiger partial charge in [-0.25, -0.2) is 0 Å². The van der Waals surface area contributed by atoms with Gasteiger partial charge in [0.2, 0.25) is 8.32 Å². The summed E-state index contributed by atoms with van der Waals surface area (Å²) >= 11 is 5.99. The van der Waals surface area contributed by atoms with Gasteiger partial charge in [-0.3, -0.25) is 0 Å². The van der Waals surface area contributed by atoms with Crippen LogP contribution in [0.3, 0.4) is 0 Å². The zero-order valence-corrected chi connectivity index (χ0v) is 16.8. The molecule has 0 aromatic rings. The summed E-state index contributed by atoms with van der Waals surface area (Å²) in [5.41, 5.74) is 0.710. The van der Waals surface area contributed by atoms with Gasteiger partial charge in [-0.15, -0.1) is 11.6 Å². The minimum atomic E-state index is -1.59. The number of halogens is 1. The topological polar surface area (TPSA) is 9.23 Å². The van der Waals surface area contributed by atoms with Crippen LogP contribution in [0, 0.1) is 0 Å². The second-order valence-corrected chi connectivity index (χ2v) is 11.8. The molecule has 0 aromatic carbocycles. The third-order valence-corrected chi connectivity index (χ3v) is 7.69. The predicted molar refractivity (Wildman–Crippen MR) is 99.8 cm³/mol. The zero-order chi connectivity index (χ0) is 16.0. The van der Waals surface area contributed by atoms with Crippen molar-refractivity contribution in [1.82, 2.24) is 0 Å². The molecule has 0 aliphatic carbocycles. The molecule has 128 valence electrons. The average molecular weight is 335 g/mol. The zero-order valence-electron chi connectivity index (χ0n) is 15.1. The van der Waals surface area contributed by atoms with Crippen molar-refractivity contribution in [3.8, 4) is 0 Å². The highest BCUT2D eigenvalue weighted by molar-refractivity contribution is 6.77. The van der Waals surface area contributed by atoms with E-state index in [1.807, 2.05) is 0 Å². The van der Waals surface area contributed by atoms with Crippen LogP contribution in [-0.2, 0) is 4.43 Å². The van der Waals surface area contributed by atoms with E-state index in [9.17, 15) is 0 Å². The molecule has 1 unspecified atom stereocenters. The average Bonchev–Trinajstić information content (AvgIpc) is 2.47. The van der Waals surface area contributed by atoms with Gasteiger partial charge in [0.25, 0.3) is 0 Å². The molecule has 21 heavy (non-hydrogen) atoms. The quantitative estimate of drug-likeness (QED) is 0.177. The second-order valence-electron chi connectivity index (χ2n) is 7.01. The van der Waals surface area contributed by atoms with E-state index < -0.39 is 8.32 Å². The van der Waals surface area contributed by atoms with E-state index in [2.05, 4.69) is 26.9 Å². The molecule has 0 aliphatic rings. The fourth-order valence-corrected chi connectivity index (χ4v) is 4.13. The van der Waals surface area contributed by atoms with Gasteiger partial charge in [0.15, 0.2) is 0 Å². The van der Waals surface area contributed by atoms with Gasteiger partial charge in [0.1, 0.15) is 0 Å². The molecule has 0 amide bonds. The Morgan fingerprint density at radius 2 is 1.29 bits per heavy atom. The Morgan fingerprint density at radius 3 is 1.71 bits per heavy atom. The third kappa shape index (κ3) is 13.8. The van der Waals surface area contributed by atoms with Crippen LogP contribution in [0.2, 0.25) is 13.1 Å². The van der Waals surface area contributed by atoms with Gasteiger partial charge in [-0.1, -0.05) is 78.1 Å². The summed E-state index contributed by atoms with van der Waals surface area (Å²) in [4.78, 5) is 0. The lowest BCUT2D eigenvalue weighted by molar-refractivity contribution is 0.174. The van der Waals surface area contributed by atoms with Gasteiger partial charge < -0.3 is 4.43 Å². The maximum atomic E-state index is 6.23. The Morgan fingerprint density at radius 1 is 0.810 bits per heavy atom. The van der Waals surface area contributed by atoms with Crippen LogP contribution in [0.4, 0.5) is 0 Å². The smallest absolute Gasteiger partial charge is 0.201 e. The van der Waals surface area contributed by atoms with Gasteiger partial charge in [0.05, 0.1) is 0 Å². The third-order valence-electron chi connectivity index (χ3n) is 4.14. The van der Waals surface area contributed by atoms with E-state index in [1.165, 1.54) is 70.6 Å². The first-order valence-corrected chi connectivity index (χ1v) is 12.9. The first-order valence-electron chi connectivity index (χ1n) is 9.29. The maximum absolute atomic E-state index is 6.23. The summed E-state index contributed by atoms with van der Waals surface area (Å²) in [6, 6.07) is 0. The van der Waals surface area contributed by atoms with E-state index in [1.54, 1.807) is 0 Å². The summed E-state index contributed by atoms with van der Waals surface area (Å²) < 4.78 is 6.23. The minimum absolute atomic E-state index is 0.444. The van der Waals surface area contributed by atoms with Crippen LogP contribution in [0.25, 0.3) is 0 Å². The fourth-order valence-electron chi connectivity index (χ4n) is 2.69. The molecule has 1 nitrogen and oxygen atoms in total. The highest BCUT2D eigenvalue weighted by atomic mass is 35.5. The van der Waals surface area contributed by atoms with Crippen molar-refractivity contribution >= 4 is 19.9 Å². The van der Waals surface area contributed by atoms with Gasteiger partial charge in [0, 0.05) is 11.6 Å². The van der Waals surface area contributed by atoms with E-state index in [4.69, 9.17) is 16.0 Å². The Kier molecular flexibility index (Phi) is 14.4. The molecule has 0 aromatic heterocycles. The Hall–Kier alpha value is 0.467. The van der Waals surface area contributed by atoms with E-state index >= 15 is 0 Å². The summed E-state index contributed by atoms with van der Waals surface area (Å²) in [7, 11) is -1.59.